The second-order valence-corrected chi connectivity index (χ2v) is 7.43. The second kappa shape index (κ2) is 8.59. The SMILES string of the molecule is CCOCCN1CCN(c2nc(=O)c3cc(C(F)(F)F)cc([N+](=O)[O-])c3s2)CC1. The highest BCUT2D eigenvalue weighted by atomic mass is 32.1. The number of non-ortho nitro benzene ring substituents is 1. The van der Waals surface area contributed by atoms with Crippen molar-refractivity contribution in [3.05, 3.63) is 38.2 Å². The van der Waals surface area contributed by atoms with Gasteiger partial charge in [-0.2, -0.15) is 18.2 Å². The molecule has 0 atom stereocenters. The van der Waals surface area contributed by atoms with Crippen LogP contribution in [0.25, 0.3) is 10.1 Å². The van der Waals surface area contributed by atoms with Crippen molar-refractivity contribution >= 4 is 32.2 Å². The van der Waals surface area contributed by atoms with E-state index in [9.17, 15) is 28.1 Å². The summed E-state index contributed by atoms with van der Waals surface area (Å²) in [5.41, 5.74) is -2.88. The molecule has 158 valence electrons. The third-order valence-corrected chi connectivity index (χ3v) is 5.78. The fourth-order valence-electron chi connectivity index (χ4n) is 3.08. The van der Waals surface area contributed by atoms with E-state index in [0.29, 0.717) is 51.5 Å². The molecular formula is C17H19F3N4O4S. The average Bonchev–Trinajstić information content (AvgIpc) is 2.67. The lowest BCUT2D eigenvalue weighted by Crippen LogP contribution is -2.47. The number of nitro benzene ring substituents is 1. The van der Waals surface area contributed by atoms with Crippen LogP contribution in [0.1, 0.15) is 12.5 Å². The molecule has 0 saturated carbocycles. The van der Waals surface area contributed by atoms with E-state index in [1.807, 2.05) is 11.8 Å². The van der Waals surface area contributed by atoms with Crippen molar-refractivity contribution in [1.82, 2.24) is 9.88 Å². The van der Waals surface area contributed by atoms with E-state index in [0.717, 1.165) is 17.9 Å². The Morgan fingerprint density at radius 1 is 1.28 bits per heavy atom. The molecule has 12 heteroatoms. The van der Waals surface area contributed by atoms with Crippen LogP contribution in [0.2, 0.25) is 0 Å². The van der Waals surface area contributed by atoms with Gasteiger partial charge in [-0.05, 0) is 13.0 Å². The minimum Gasteiger partial charge on any atom is -0.380 e. The van der Waals surface area contributed by atoms with Crippen molar-refractivity contribution in [2.45, 2.75) is 13.1 Å². The Hall–Kier alpha value is -2.31. The summed E-state index contributed by atoms with van der Waals surface area (Å²) in [7, 11) is 0. The molecule has 8 nitrogen and oxygen atoms in total. The van der Waals surface area contributed by atoms with Crippen LogP contribution in [0.15, 0.2) is 16.9 Å². The molecule has 1 aromatic carbocycles. The maximum absolute atomic E-state index is 13.0. The number of halogens is 3. The molecule has 3 rings (SSSR count). The van der Waals surface area contributed by atoms with Crippen LogP contribution in [-0.4, -0.2) is 60.7 Å². The molecule has 0 amide bonds. The van der Waals surface area contributed by atoms with Crippen molar-refractivity contribution in [2.75, 3.05) is 50.8 Å². The zero-order valence-corrected chi connectivity index (χ0v) is 16.4. The number of benzene rings is 1. The number of nitrogens with zero attached hydrogens (tertiary/aromatic N) is 4. The van der Waals surface area contributed by atoms with Gasteiger partial charge in [0, 0.05) is 45.4 Å². The van der Waals surface area contributed by atoms with Crippen LogP contribution >= 0.6 is 11.3 Å². The normalized spacial score (nSPS) is 15.8. The highest BCUT2D eigenvalue weighted by Crippen LogP contribution is 2.38. The van der Waals surface area contributed by atoms with Crippen LogP contribution in [0, 0.1) is 10.1 Å². The molecule has 1 aliphatic heterocycles. The third-order valence-electron chi connectivity index (χ3n) is 4.61. The van der Waals surface area contributed by atoms with Gasteiger partial charge in [-0.3, -0.25) is 19.8 Å². The van der Waals surface area contributed by atoms with E-state index in [2.05, 4.69) is 9.88 Å². The van der Waals surface area contributed by atoms with Gasteiger partial charge in [0.25, 0.3) is 11.2 Å². The first-order chi connectivity index (χ1) is 13.7. The summed E-state index contributed by atoms with van der Waals surface area (Å²) in [5.74, 6) is 0. The third kappa shape index (κ3) is 4.82. The van der Waals surface area contributed by atoms with E-state index in [1.165, 1.54) is 0 Å². The summed E-state index contributed by atoms with van der Waals surface area (Å²) in [4.78, 5) is 30.8. The molecule has 1 aliphatic rings. The van der Waals surface area contributed by atoms with Crippen LogP contribution in [0.4, 0.5) is 24.0 Å². The van der Waals surface area contributed by atoms with Gasteiger partial charge in [-0.25, -0.2) is 0 Å². The molecule has 0 N–H and O–H groups in total. The summed E-state index contributed by atoms with van der Waals surface area (Å²) >= 11 is 0.867. The lowest BCUT2D eigenvalue weighted by Gasteiger charge is -2.34. The highest BCUT2D eigenvalue weighted by Gasteiger charge is 2.34. The van der Waals surface area contributed by atoms with Gasteiger partial charge in [0.2, 0.25) is 0 Å². The molecule has 0 unspecified atom stereocenters. The van der Waals surface area contributed by atoms with Crippen molar-refractivity contribution in [1.29, 1.82) is 0 Å². The zero-order valence-electron chi connectivity index (χ0n) is 15.6. The fourth-order valence-corrected chi connectivity index (χ4v) is 4.19. The number of alkyl halides is 3. The Bertz CT molecular complexity index is 958. The predicted molar refractivity (Wildman–Crippen MR) is 103 cm³/mol. The van der Waals surface area contributed by atoms with E-state index in [-0.39, 0.29) is 9.83 Å². The van der Waals surface area contributed by atoms with Crippen LogP contribution in [0.3, 0.4) is 0 Å². The number of hydrogen-bond acceptors (Lipinski definition) is 8. The first-order valence-corrected chi connectivity index (χ1v) is 9.78. The Balaban J connectivity index is 1.91. The molecule has 1 saturated heterocycles. The molecule has 0 bridgehead atoms. The standard InChI is InChI=1S/C17H19F3N4O4S/c1-2-28-8-7-22-3-5-23(6-4-22)16-21-15(25)12-9-11(17(18,19)20)10-13(24(26)27)14(12)29-16/h9-10H,2-8H2,1H3. The number of nitro groups is 1. The van der Waals surface area contributed by atoms with Crippen LogP contribution in [-0.2, 0) is 10.9 Å². The molecule has 29 heavy (non-hydrogen) atoms. The van der Waals surface area contributed by atoms with Crippen LogP contribution in [0.5, 0.6) is 0 Å². The summed E-state index contributed by atoms with van der Waals surface area (Å²) in [6, 6.07) is 1.09. The van der Waals surface area contributed by atoms with Crippen molar-refractivity contribution in [3.8, 4) is 0 Å². The highest BCUT2D eigenvalue weighted by molar-refractivity contribution is 7.22. The van der Waals surface area contributed by atoms with Crippen molar-refractivity contribution in [3.63, 3.8) is 0 Å². The summed E-state index contributed by atoms with van der Waals surface area (Å²) in [6.45, 7) is 6.45. The van der Waals surface area contributed by atoms with Gasteiger partial charge in [0.15, 0.2) is 5.13 Å². The topological polar surface area (TPSA) is 88.8 Å². The summed E-state index contributed by atoms with van der Waals surface area (Å²) in [6.07, 6.45) is -4.80. The maximum atomic E-state index is 13.0. The number of aromatic nitrogens is 1. The number of piperazine rings is 1. The number of hydrogen-bond donors (Lipinski definition) is 0. The Morgan fingerprint density at radius 2 is 1.97 bits per heavy atom. The van der Waals surface area contributed by atoms with Gasteiger partial charge >= 0.3 is 6.18 Å². The molecule has 2 aromatic rings. The largest absolute Gasteiger partial charge is 0.416 e. The van der Waals surface area contributed by atoms with Gasteiger partial charge in [-0.15, -0.1) is 0 Å². The van der Waals surface area contributed by atoms with E-state index >= 15 is 0 Å². The number of fused-ring (bicyclic) bond motifs is 1. The minimum atomic E-state index is -4.80. The molecular weight excluding hydrogens is 413 g/mol. The summed E-state index contributed by atoms with van der Waals surface area (Å²) < 4.78 is 44.4. The smallest absolute Gasteiger partial charge is 0.380 e. The maximum Gasteiger partial charge on any atom is 0.416 e. The van der Waals surface area contributed by atoms with E-state index in [1.54, 1.807) is 0 Å². The fraction of sp³-hybridized carbons (Fsp3) is 0.529. The quantitative estimate of drug-likeness (QED) is 0.394. The lowest BCUT2D eigenvalue weighted by atomic mass is 10.1. The van der Waals surface area contributed by atoms with Gasteiger partial charge in [-0.1, -0.05) is 11.3 Å². The second-order valence-electron chi connectivity index (χ2n) is 6.45. The molecule has 2 heterocycles. The lowest BCUT2D eigenvalue weighted by molar-refractivity contribution is -0.383. The Morgan fingerprint density at radius 3 is 2.55 bits per heavy atom. The predicted octanol–water partition coefficient (Wildman–Crippen LogP) is 2.74. The number of anilines is 1. The first-order valence-electron chi connectivity index (χ1n) is 8.96. The first kappa shape index (κ1) is 21.4. The van der Waals surface area contributed by atoms with Crippen molar-refractivity contribution < 1.29 is 22.8 Å². The molecule has 1 fully saturated rings. The van der Waals surface area contributed by atoms with Crippen LogP contribution < -0.4 is 10.5 Å². The zero-order chi connectivity index (χ0) is 21.2. The van der Waals surface area contributed by atoms with Gasteiger partial charge in [0.05, 0.1) is 22.5 Å². The minimum absolute atomic E-state index is 0.100. The number of rotatable bonds is 6. The average molecular weight is 432 g/mol. The summed E-state index contributed by atoms with van der Waals surface area (Å²) in [5, 5.41) is 11.2. The van der Waals surface area contributed by atoms with E-state index < -0.39 is 33.3 Å². The number of ether oxygens (including phenoxy) is 1. The Labute approximate surface area is 167 Å². The molecule has 0 spiro atoms. The van der Waals surface area contributed by atoms with Gasteiger partial charge < -0.3 is 9.64 Å². The molecule has 0 radical (unpaired) electrons. The Kier molecular flexibility index (Phi) is 6.34. The van der Waals surface area contributed by atoms with E-state index in [4.69, 9.17) is 4.74 Å². The van der Waals surface area contributed by atoms with Crippen molar-refractivity contribution in [2.24, 2.45) is 0 Å². The molecule has 1 aromatic heterocycles. The van der Waals surface area contributed by atoms with Gasteiger partial charge in [0.1, 0.15) is 4.70 Å². The monoisotopic (exact) mass is 432 g/mol. The molecule has 0 aliphatic carbocycles.